The van der Waals surface area contributed by atoms with E-state index in [1.54, 1.807) is 32.9 Å². The fourth-order valence-electron chi connectivity index (χ4n) is 9.97. The Morgan fingerprint density at radius 3 is 1.88 bits per heavy atom. The molecule has 2 saturated heterocycles. The molecular weight excluding hydrogens is 1090 g/mol. The van der Waals surface area contributed by atoms with Gasteiger partial charge in [0.25, 0.3) is 0 Å². The molecule has 0 aliphatic carbocycles. The lowest BCUT2D eigenvalue weighted by molar-refractivity contribution is -0.145. The Morgan fingerprint density at radius 2 is 1.31 bits per heavy atom. The summed E-state index contributed by atoms with van der Waals surface area (Å²) in [6.45, 7) is 7.62. The van der Waals surface area contributed by atoms with Crippen molar-refractivity contribution in [3.8, 4) is 5.75 Å². The van der Waals surface area contributed by atoms with Gasteiger partial charge >= 0.3 is 0 Å². The Hall–Kier alpha value is -7.65. The smallest absolute Gasteiger partial charge is 0.245 e. The fraction of sp³-hybridized carbons (Fsp3) is 0.632. The number of carbonyl (C=O) groups excluding carboxylic acids is 12. The van der Waals surface area contributed by atoms with Gasteiger partial charge in [-0.1, -0.05) is 39.8 Å². The van der Waals surface area contributed by atoms with Crippen molar-refractivity contribution in [1.82, 2.24) is 57.0 Å². The Kier molecular flexibility index (Phi) is 28.0. The van der Waals surface area contributed by atoms with E-state index in [1.165, 1.54) is 55.2 Å². The summed E-state index contributed by atoms with van der Waals surface area (Å²) in [6, 6.07) is -0.440. The van der Waals surface area contributed by atoms with Gasteiger partial charge in [-0.15, -0.1) is 0 Å². The van der Waals surface area contributed by atoms with Crippen molar-refractivity contribution < 1.29 is 72.9 Å². The molecule has 27 heteroatoms. The van der Waals surface area contributed by atoms with Gasteiger partial charge in [0.15, 0.2) is 17.3 Å². The van der Waals surface area contributed by atoms with E-state index in [4.69, 9.17) is 5.73 Å². The molecule has 0 spiro atoms. The first-order valence-corrected chi connectivity index (χ1v) is 28.8. The van der Waals surface area contributed by atoms with Crippen molar-refractivity contribution in [2.45, 2.75) is 161 Å². The number of unbranched alkanes of at least 4 members (excludes halogenated alkanes) is 1. The van der Waals surface area contributed by atoms with Crippen LogP contribution in [-0.2, 0) is 70.4 Å². The molecule has 0 bridgehead atoms. The number of amides is 9. The number of aliphatic hydroxyl groups is 2. The number of ketones is 3. The van der Waals surface area contributed by atoms with Gasteiger partial charge in [-0.3, -0.25) is 57.5 Å². The minimum Gasteiger partial charge on any atom is -0.508 e. The molecule has 9 amide bonds. The topological polar surface area (TPSA) is 411 Å². The van der Waals surface area contributed by atoms with Crippen LogP contribution in [0, 0.1) is 23.7 Å². The molecule has 2 aliphatic rings. The second-order valence-electron chi connectivity index (χ2n) is 22.0. The van der Waals surface area contributed by atoms with E-state index in [2.05, 4.69) is 47.2 Å². The lowest BCUT2D eigenvalue weighted by Crippen LogP contribution is -2.56. The van der Waals surface area contributed by atoms with Crippen molar-refractivity contribution in [3.63, 3.8) is 0 Å². The molecule has 2 aromatic rings. The van der Waals surface area contributed by atoms with Crippen molar-refractivity contribution >= 4 is 70.5 Å². The zero-order valence-electron chi connectivity index (χ0n) is 48.9. The lowest BCUT2D eigenvalue weighted by Gasteiger charge is -2.32. The minimum absolute atomic E-state index is 0.0200. The van der Waals surface area contributed by atoms with Gasteiger partial charge in [-0.05, 0) is 102 Å². The summed E-state index contributed by atoms with van der Waals surface area (Å²) in [5, 5.41) is 47.0. The molecule has 27 nitrogen and oxygen atoms in total. The van der Waals surface area contributed by atoms with Gasteiger partial charge in [0, 0.05) is 56.1 Å². The van der Waals surface area contributed by atoms with Crippen molar-refractivity contribution in [1.29, 1.82) is 0 Å². The molecule has 2 fully saturated rings. The van der Waals surface area contributed by atoms with E-state index in [1.807, 2.05) is 0 Å². The average molecular weight is 1180 g/mol. The van der Waals surface area contributed by atoms with Gasteiger partial charge in [-0.2, -0.15) is 0 Å². The van der Waals surface area contributed by atoms with Crippen molar-refractivity contribution in [3.05, 3.63) is 48.0 Å². The average Bonchev–Trinajstić information content (AvgIpc) is 3.86. The maximum atomic E-state index is 14.6. The molecular formula is C57H86N12O15. The number of aromatic hydroxyl groups is 1. The zero-order valence-corrected chi connectivity index (χ0v) is 48.9. The maximum Gasteiger partial charge on any atom is 0.245 e. The molecule has 84 heavy (non-hydrogen) atoms. The number of aliphatic hydroxyl groups excluding tert-OH is 2. The summed E-state index contributed by atoms with van der Waals surface area (Å²) in [5.74, 6) is -10.6. The molecule has 0 saturated carbocycles. The van der Waals surface area contributed by atoms with Crippen LogP contribution in [0.1, 0.15) is 117 Å². The number of phenolic OH excluding ortho intramolecular Hbond substituents is 1. The van der Waals surface area contributed by atoms with Crippen LogP contribution in [0.25, 0.3) is 0 Å². The highest BCUT2D eigenvalue weighted by atomic mass is 16.3. The lowest BCUT2D eigenvalue weighted by atomic mass is 9.86. The third-order valence-electron chi connectivity index (χ3n) is 15.3. The first kappa shape index (κ1) is 68.8. The minimum atomic E-state index is -1.43. The number of Topliss-reactive ketones (excluding diaryl/α,β-unsaturated/α-hetero) is 3. The number of H-pyrrole nitrogens is 1. The van der Waals surface area contributed by atoms with E-state index in [-0.39, 0.29) is 69.6 Å². The predicted octanol–water partition coefficient (Wildman–Crippen LogP) is -1.89. The number of rotatable bonds is 35. The van der Waals surface area contributed by atoms with Gasteiger partial charge < -0.3 is 73.1 Å². The quantitative estimate of drug-likeness (QED) is 0.0336. The van der Waals surface area contributed by atoms with Gasteiger partial charge in [0.2, 0.25) is 53.2 Å². The zero-order chi connectivity index (χ0) is 62.2. The van der Waals surface area contributed by atoms with Crippen molar-refractivity contribution in [2.75, 3.05) is 45.9 Å². The number of nitrogens with zero attached hydrogens (tertiary/aromatic N) is 3. The summed E-state index contributed by atoms with van der Waals surface area (Å²) in [6.07, 6.45) is 4.37. The van der Waals surface area contributed by atoms with Crippen molar-refractivity contribution in [2.24, 2.45) is 29.4 Å². The van der Waals surface area contributed by atoms with E-state index in [0.29, 0.717) is 49.9 Å². The normalized spacial score (nSPS) is 17.7. The fourth-order valence-corrected chi connectivity index (χ4v) is 9.97. The Balaban J connectivity index is 1.38. The SMILES string of the molecule is CC[C@H](NC(=O)[C@H](C)C(C)O)C(=O)N1CCC[C@@H]1C(=O)NC(Cc1cnc[nH]1)C(=O)C[C@@H](C(=O)N1CCC[C@H]1C(=O)C[C@H](Cc1ccc(O)cc1)C(=O)NCC(=O)NCC(=O)NCC(=O)N[C@H](CO)C(=O)N[C@@H](CCCCN)C(C)=O)C(C)C. The number of carbonyl (C=O) groups is 12. The van der Waals surface area contributed by atoms with Crippen LogP contribution in [0.4, 0.5) is 0 Å². The first-order chi connectivity index (χ1) is 39.9. The van der Waals surface area contributed by atoms with Crippen LogP contribution in [-0.4, -0.2) is 194 Å². The Labute approximate surface area is 488 Å². The number of likely N-dealkylation sites (tertiary alicyclic amines) is 2. The number of aromatic nitrogens is 2. The van der Waals surface area contributed by atoms with E-state index in [9.17, 15) is 72.9 Å². The number of aromatic amines is 1. The van der Waals surface area contributed by atoms with Crippen LogP contribution in [0.5, 0.6) is 5.75 Å². The molecule has 2 unspecified atom stereocenters. The van der Waals surface area contributed by atoms with E-state index >= 15 is 0 Å². The maximum absolute atomic E-state index is 14.6. The summed E-state index contributed by atoms with van der Waals surface area (Å²) < 4.78 is 0. The highest BCUT2D eigenvalue weighted by Gasteiger charge is 2.43. The van der Waals surface area contributed by atoms with E-state index in [0.717, 1.165) is 0 Å². The molecule has 2 aliphatic heterocycles. The van der Waals surface area contributed by atoms with Gasteiger partial charge in [0.1, 0.15) is 23.9 Å². The van der Waals surface area contributed by atoms with Crippen LogP contribution >= 0.6 is 0 Å². The molecule has 13 N–H and O–H groups in total. The molecule has 3 heterocycles. The highest BCUT2D eigenvalue weighted by molar-refractivity contribution is 5.99. The molecule has 464 valence electrons. The number of nitrogens with one attached hydrogen (secondary N) is 8. The highest BCUT2D eigenvalue weighted by Crippen LogP contribution is 2.29. The van der Waals surface area contributed by atoms with Gasteiger partial charge in [0.05, 0.1) is 62.7 Å². The Morgan fingerprint density at radius 1 is 0.702 bits per heavy atom. The molecule has 0 radical (unpaired) electrons. The molecule has 4 rings (SSSR count). The number of imidazole rings is 1. The summed E-state index contributed by atoms with van der Waals surface area (Å²) in [5.41, 5.74) is 6.58. The second-order valence-corrected chi connectivity index (χ2v) is 22.0. The van der Waals surface area contributed by atoms with Crippen LogP contribution < -0.4 is 43.0 Å². The Bertz CT molecular complexity index is 2600. The van der Waals surface area contributed by atoms with E-state index < -0.39 is 157 Å². The largest absolute Gasteiger partial charge is 0.508 e. The summed E-state index contributed by atoms with van der Waals surface area (Å²) >= 11 is 0. The predicted molar refractivity (Wildman–Crippen MR) is 303 cm³/mol. The van der Waals surface area contributed by atoms with Gasteiger partial charge in [-0.25, -0.2) is 4.98 Å². The van der Waals surface area contributed by atoms with Crippen LogP contribution in [0.15, 0.2) is 36.8 Å². The van der Waals surface area contributed by atoms with Crippen LogP contribution in [0.3, 0.4) is 0 Å². The second kappa shape index (κ2) is 34.2. The third kappa shape index (κ3) is 21.2. The summed E-state index contributed by atoms with van der Waals surface area (Å²) in [4.78, 5) is 171. The van der Waals surface area contributed by atoms with Crippen LogP contribution in [0.2, 0.25) is 0 Å². The number of phenols is 1. The standard InChI is InChI=1S/C57H86N12O15/c1-7-41(65-52(79)33(4)34(5)71)57(84)69-21-11-14-46(69)55(82)67-43(24-38-26-59-31-63-38)47(74)25-40(32(2)3)56(83)68-20-10-13-45(68)48(75)23-37(22-36-15-17-39(73)18-16-36)53(80)62-28-50(77)60-27-49(76)61-29-51(78)64-44(30-70)54(81)66-42(35(6)72)12-8-9-19-58/h15-18,26,31-34,37,40-46,70-71,73H,7-14,19-25,27-30,58H2,1-6H3,(H,59,63)(H,60,77)(H,61,76)(H,62,80)(H,64,78)(H,65,79)(H,66,81)(H,67,82)/t33-,34?,37+,40-,41+,42+,43?,44-,45+,46-/m1/s1. The first-order valence-electron chi connectivity index (χ1n) is 28.8. The third-order valence-corrected chi connectivity index (χ3v) is 15.3. The number of nitrogens with two attached hydrogens (primary N) is 1. The molecule has 1 aromatic heterocycles. The summed E-state index contributed by atoms with van der Waals surface area (Å²) in [7, 11) is 0. The molecule has 1 aromatic carbocycles. The molecule has 10 atom stereocenters. The number of hydrogen-bond donors (Lipinski definition) is 12. The monoisotopic (exact) mass is 1180 g/mol. The number of hydrogen-bond acceptors (Lipinski definition) is 17. The number of benzene rings is 1.